The van der Waals surface area contributed by atoms with Gasteiger partial charge in [0.1, 0.15) is 5.82 Å². The van der Waals surface area contributed by atoms with Gasteiger partial charge in [-0.15, -0.1) is 0 Å². The fourth-order valence-electron chi connectivity index (χ4n) is 3.29. The number of H-pyrrole nitrogens is 1. The predicted octanol–water partition coefficient (Wildman–Crippen LogP) is 3.73. The van der Waals surface area contributed by atoms with Crippen LogP contribution in [0.4, 0.5) is 23.1 Å². The highest BCUT2D eigenvalue weighted by Crippen LogP contribution is 2.27. The molecule has 1 aliphatic carbocycles. The highest BCUT2D eigenvalue weighted by atomic mass is 32.2. The van der Waals surface area contributed by atoms with Crippen LogP contribution in [0.5, 0.6) is 0 Å². The summed E-state index contributed by atoms with van der Waals surface area (Å²) in [7, 11) is -3.18. The lowest BCUT2D eigenvalue weighted by molar-refractivity contribution is 0.580. The molecule has 0 saturated heterocycles. The second kappa shape index (κ2) is 8.21. The van der Waals surface area contributed by atoms with E-state index in [1.165, 1.54) is 0 Å². The number of nitrogens with zero attached hydrogens (tertiary/aromatic N) is 3. The summed E-state index contributed by atoms with van der Waals surface area (Å²) in [5.74, 6) is 1.16. The molecule has 1 saturated carbocycles. The quantitative estimate of drug-likeness (QED) is 0.323. The van der Waals surface area contributed by atoms with Crippen molar-refractivity contribution in [3.8, 4) is 0 Å². The van der Waals surface area contributed by atoms with Crippen molar-refractivity contribution in [1.29, 1.82) is 0 Å². The smallest absolute Gasteiger partial charge is 0.229 e. The van der Waals surface area contributed by atoms with Crippen LogP contribution >= 0.6 is 0 Å². The number of fused-ring (bicyclic) bond motifs is 1. The molecule has 4 N–H and O–H groups in total. The minimum Gasteiger partial charge on any atom is -0.345 e. The molecule has 0 radical (unpaired) electrons. The van der Waals surface area contributed by atoms with Crippen LogP contribution in [0, 0.1) is 6.92 Å². The Morgan fingerprint density at radius 2 is 1.81 bits per heavy atom. The molecule has 0 atom stereocenters. The Balaban J connectivity index is 1.26. The van der Waals surface area contributed by atoms with Crippen LogP contribution in [0.2, 0.25) is 0 Å². The monoisotopic (exact) mass is 449 g/mol. The number of nitrogens with one attached hydrogen (secondary N) is 4. The normalized spacial score (nSPS) is 13.9. The van der Waals surface area contributed by atoms with Crippen molar-refractivity contribution < 1.29 is 8.42 Å². The standard InChI is InChI=1S/C22H23N7O2S/c1-14-11-23-22(28-17-6-9-19-20(10-17)25-13-24-19)29-21(14)27-16-4-2-15(3-5-16)12-26-32(30,31)18-7-8-18/h2-6,9-11,13,18,26H,7-8,12H2,1H3,(H,24,25)(H2,23,27,28,29). The van der Waals surface area contributed by atoms with Gasteiger partial charge in [0.2, 0.25) is 16.0 Å². The van der Waals surface area contributed by atoms with Crippen LogP contribution in [0.15, 0.2) is 55.0 Å². The predicted molar refractivity (Wildman–Crippen MR) is 125 cm³/mol. The van der Waals surface area contributed by atoms with E-state index in [9.17, 15) is 8.42 Å². The van der Waals surface area contributed by atoms with Gasteiger partial charge in [0.25, 0.3) is 0 Å². The molecule has 0 bridgehead atoms. The largest absolute Gasteiger partial charge is 0.345 e. The molecular formula is C22H23N7O2S. The van der Waals surface area contributed by atoms with Crippen molar-refractivity contribution >= 4 is 44.2 Å². The molecule has 0 aliphatic heterocycles. The molecule has 9 nitrogen and oxygen atoms in total. The van der Waals surface area contributed by atoms with E-state index < -0.39 is 10.0 Å². The number of hydrogen-bond acceptors (Lipinski definition) is 7. The average molecular weight is 450 g/mol. The highest BCUT2D eigenvalue weighted by Gasteiger charge is 2.35. The fraction of sp³-hybridized carbons (Fsp3) is 0.227. The lowest BCUT2D eigenvalue weighted by Gasteiger charge is -2.12. The summed E-state index contributed by atoms with van der Waals surface area (Å²) in [5, 5.41) is 6.31. The van der Waals surface area contributed by atoms with Crippen molar-refractivity contribution in [3.63, 3.8) is 0 Å². The molecule has 1 aliphatic rings. The van der Waals surface area contributed by atoms with Gasteiger partial charge in [-0.25, -0.2) is 23.1 Å². The Morgan fingerprint density at radius 3 is 2.59 bits per heavy atom. The number of aromatic nitrogens is 4. The van der Waals surface area contributed by atoms with Gasteiger partial charge in [-0.2, -0.15) is 4.98 Å². The maximum Gasteiger partial charge on any atom is 0.229 e. The third-order valence-corrected chi connectivity index (χ3v) is 7.20. The van der Waals surface area contributed by atoms with Crippen LogP contribution in [-0.2, 0) is 16.6 Å². The summed E-state index contributed by atoms with van der Waals surface area (Å²) in [6, 6.07) is 13.4. The molecule has 5 rings (SSSR count). The maximum absolute atomic E-state index is 12.0. The first-order valence-corrected chi connectivity index (χ1v) is 11.9. The first-order valence-electron chi connectivity index (χ1n) is 10.3. The molecule has 2 heterocycles. The molecule has 1 fully saturated rings. The first kappa shape index (κ1) is 20.4. The number of anilines is 4. The molecule has 0 spiro atoms. The van der Waals surface area contributed by atoms with Crippen LogP contribution in [0.25, 0.3) is 11.0 Å². The third-order valence-electron chi connectivity index (χ3n) is 5.31. The Hall–Kier alpha value is -3.50. The van der Waals surface area contributed by atoms with Crippen molar-refractivity contribution in [2.24, 2.45) is 0 Å². The van der Waals surface area contributed by atoms with Crippen LogP contribution in [-0.4, -0.2) is 33.6 Å². The Morgan fingerprint density at radius 1 is 1.03 bits per heavy atom. The molecule has 10 heteroatoms. The van der Waals surface area contributed by atoms with E-state index in [2.05, 4.69) is 35.3 Å². The second-order valence-corrected chi connectivity index (χ2v) is 9.92. The van der Waals surface area contributed by atoms with Crippen molar-refractivity contribution in [1.82, 2.24) is 24.7 Å². The minimum atomic E-state index is -3.18. The van der Waals surface area contributed by atoms with Gasteiger partial charge >= 0.3 is 0 Å². The summed E-state index contributed by atoms with van der Waals surface area (Å²) in [5.41, 5.74) is 5.34. The van der Waals surface area contributed by atoms with E-state index in [4.69, 9.17) is 0 Å². The number of aromatic amines is 1. The fourth-order valence-corrected chi connectivity index (χ4v) is 4.65. The van der Waals surface area contributed by atoms with Crippen LogP contribution < -0.4 is 15.4 Å². The lowest BCUT2D eigenvalue weighted by atomic mass is 10.2. The molecule has 4 aromatic rings. The minimum absolute atomic E-state index is 0.214. The summed E-state index contributed by atoms with van der Waals surface area (Å²) < 4.78 is 26.6. The molecule has 0 amide bonds. The van der Waals surface area contributed by atoms with Crippen LogP contribution in [0.3, 0.4) is 0 Å². The Labute approximate surface area is 185 Å². The molecule has 2 aromatic carbocycles. The number of hydrogen-bond donors (Lipinski definition) is 4. The highest BCUT2D eigenvalue weighted by molar-refractivity contribution is 7.90. The van der Waals surface area contributed by atoms with Gasteiger partial charge in [-0.1, -0.05) is 12.1 Å². The van der Waals surface area contributed by atoms with E-state index in [1.807, 2.05) is 49.4 Å². The zero-order valence-electron chi connectivity index (χ0n) is 17.5. The van der Waals surface area contributed by atoms with Gasteiger partial charge in [0.15, 0.2) is 0 Å². The van der Waals surface area contributed by atoms with E-state index >= 15 is 0 Å². The molecule has 164 valence electrons. The van der Waals surface area contributed by atoms with E-state index in [0.717, 1.165) is 46.4 Å². The zero-order chi connectivity index (χ0) is 22.1. The number of sulfonamides is 1. The SMILES string of the molecule is Cc1cnc(Nc2ccc3nc[nH]c3c2)nc1Nc1ccc(CNS(=O)(=O)C2CC2)cc1. The molecular weight excluding hydrogens is 426 g/mol. The van der Waals surface area contributed by atoms with Gasteiger partial charge in [-0.3, -0.25) is 0 Å². The summed E-state index contributed by atoms with van der Waals surface area (Å²) >= 11 is 0. The number of rotatable bonds is 8. The molecule has 32 heavy (non-hydrogen) atoms. The van der Waals surface area contributed by atoms with Gasteiger partial charge in [0, 0.05) is 29.7 Å². The summed E-state index contributed by atoms with van der Waals surface area (Å²) in [4.78, 5) is 16.3. The summed E-state index contributed by atoms with van der Waals surface area (Å²) in [6.07, 6.45) is 4.93. The Bertz CT molecular complexity index is 1360. The van der Waals surface area contributed by atoms with Crippen LogP contribution in [0.1, 0.15) is 24.0 Å². The van der Waals surface area contributed by atoms with Gasteiger partial charge in [-0.05, 0) is 55.7 Å². The Kier molecular flexibility index (Phi) is 5.24. The molecule has 0 unspecified atom stereocenters. The van der Waals surface area contributed by atoms with E-state index in [1.54, 1.807) is 12.5 Å². The topological polar surface area (TPSA) is 125 Å². The zero-order valence-corrected chi connectivity index (χ0v) is 18.3. The van der Waals surface area contributed by atoms with Crippen molar-refractivity contribution in [2.75, 3.05) is 10.6 Å². The lowest BCUT2D eigenvalue weighted by Crippen LogP contribution is -2.26. The number of imidazole rings is 1. The average Bonchev–Trinajstić information content (AvgIpc) is 3.55. The number of benzene rings is 2. The van der Waals surface area contributed by atoms with E-state index in [-0.39, 0.29) is 5.25 Å². The summed E-state index contributed by atoms with van der Waals surface area (Å²) in [6.45, 7) is 2.23. The second-order valence-electron chi connectivity index (χ2n) is 7.87. The first-order chi connectivity index (χ1) is 15.5. The van der Waals surface area contributed by atoms with Gasteiger partial charge in [0.05, 0.1) is 22.6 Å². The maximum atomic E-state index is 12.0. The van der Waals surface area contributed by atoms with Crippen molar-refractivity contribution in [2.45, 2.75) is 31.6 Å². The number of aryl methyl sites for hydroxylation is 1. The third kappa shape index (κ3) is 4.56. The van der Waals surface area contributed by atoms with Gasteiger partial charge < -0.3 is 15.6 Å². The molecule has 2 aromatic heterocycles. The van der Waals surface area contributed by atoms with Crippen molar-refractivity contribution in [3.05, 3.63) is 66.1 Å². The van der Waals surface area contributed by atoms with E-state index in [0.29, 0.717) is 18.3 Å².